The van der Waals surface area contributed by atoms with E-state index in [9.17, 15) is 4.79 Å². The van der Waals surface area contributed by atoms with Crippen molar-refractivity contribution < 1.29 is 4.79 Å². The minimum Gasteiger partial charge on any atom is -0.345 e. The molecule has 1 amide bonds. The third-order valence-corrected chi connectivity index (χ3v) is 3.49. The van der Waals surface area contributed by atoms with Crippen LogP contribution in [0, 0.1) is 0 Å². The van der Waals surface area contributed by atoms with Gasteiger partial charge in [-0.1, -0.05) is 18.2 Å². The van der Waals surface area contributed by atoms with Gasteiger partial charge in [0.05, 0.1) is 17.4 Å². The molecular formula is C15H12BrN3O. The molecule has 5 heteroatoms. The van der Waals surface area contributed by atoms with Crippen LogP contribution in [0.5, 0.6) is 0 Å². The molecule has 0 radical (unpaired) electrons. The number of aromatic nitrogens is 2. The Morgan fingerprint density at radius 2 is 2.10 bits per heavy atom. The van der Waals surface area contributed by atoms with Crippen LogP contribution in [0.2, 0.25) is 0 Å². The highest BCUT2D eigenvalue weighted by Crippen LogP contribution is 2.18. The quantitative estimate of drug-likeness (QED) is 0.781. The largest absolute Gasteiger partial charge is 0.345 e. The smallest absolute Gasteiger partial charge is 0.272 e. The zero-order valence-electron chi connectivity index (χ0n) is 10.8. The zero-order valence-corrected chi connectivity index (χ0v) is 12.4. The molecular weight excluding hydrogens is 318 g/mol. The van der Waals surface area contributed by atoms with E-state index >= 15 is 0 Å². The minimum atomic E-state index is -0.157. The van der Waals surface area contributed by atoms with Crippen molar-refractivity contribution in [3.8, 4) is 0 Å². The summed E-state index contributed by atoms with van der Waals surface area (Å²) in [6.07, 6.45) is 3.51. The SMILES string of the molecule is Cn1cc(Br)cc1C(=O)Nc1cnc2ccccc2c1. The molecule has 0 aliphatic heterocycles. The number of nitrogens with one attached hydrogen (secondary N) is 1. The number of amides is 1. The molecule has 0 aliphatic rings. The molecule has 2 aromatic heterocycles. The van der Waals surface area contributed by atoms with Crippen LogP contribution in [0.1, 0.15) is 10.5 Å². The molecule has 0 fully saturated rings. The second kappa shape index (κ2) is 5.09. The van der Waals surface area contributed by atoms with E-state index in [-0.39, 0.29) is 5.91 Å². The summed E-state index contributed by atoms with van der Waals surface area (Å²) >= 11 is 3.36. The van der Waals surface area contributed by atoms with Gasteiger partial charge >= 0.3 is 0 Å². The van der Waals surface area contributed by atoms with Gasteiger partial charge < -0.3 is 9.88 Å². The molecule has 20 heavy (non-hydrogen) atoms. The van der Waals surface area contributed by atoms with E-state index in [0.717, 1.165) is 15.4 Å². The number of para-hydroxylation sites is 1. The van der Waals surface area contributed by atoms with E-state index in [4.69, 9.17) is 0 Å². The zero-order chi connectivity index (χ0) is 14.1. The molecule has 1 aromatic carbocycles. The number of aryl methyl sites for hydroxylation is 1. The lowest BCUT2D eigenvalue weighted by Crippen LogP contribution is -2.15. The van der Waals surface area contributed by atoms with Gasteiger partial charge in [-0.05, 0) is 34.1 Å². The van der Waals surface area contributed by atoms with Crippen molar-refractivity contribution in [3.05, 3.63) is 59.0 Å². The summed E-state index contributed by atoms with van der Waals surface area (Å²) in [5, 5.41) is 3.86. The first-order chi connectivity index (χ1) is 9.63. The first-order valence-electron chi connectivity index (χ1n) is 6.11. The Morgan fingerprint density at radius 1 is 1.30 bits per heavy atom. The van der Waals surface area contributed by atoms with Crippen molar-refractivity contribution in [2.75, 3.05) is 5.32 Å². The predicted molar refractivity (Wildman–Crippen MR) is 82.8 cm³/mol. The van der Waals surface area contributed by atoms with Gasteiger partial charge in [-0.25, -0.2) is 0 Å². The number of pyridine rings is 1. The van der Waals surface area contributed by atoms with Crippen molar-refractivity contribution in [1.82, 2.24) is 9.55 Å². The minimum absolute atomic E-state index is 0.157. The van der Waals surface area contributed by atoms with Crippen LogP contribution in [0.15, 0.2) is 53.3 Å². The van der Waals surface area contributed by atoms with E-state index in [0.29, 0.717) is 11.4 Å². The first-order valence-corrected chi connectivity index (χ1v) is 6.91. The summed E-state index contributed by atoms with van der Waals surface area (Å²) in [4.78, 5) is 16.5. The molecule has 3 aromatic rings. The average molecular weight is 330 g/mol. The third-order valence-electron chi connectivity index (χ3n) is 3.05. The number of nitrogens with zero attached hydrogens (tertiary/aromatic N) is 2. The normalized spacial score (nSPS) is 10.7. The van der Waals surface area contributed by atoms with Crippen LogP contribution in [-0.2, 0) is 7.05 Å². The fourth-order valence-corrected chi connectivity index (χ4v) is 2.61. The van der Waals surface area contributed by atoms with Crippen LogP contribution in [-0.4, -0.2) is 15.5 Å². The Kier molecular flexibility index (Phi) is 3.28. The topological polar surface area (TPSA) is 46.9 Å². The van der Waals surface area contributed by atoms with E-state index in [1.807, 2.05) is 43.6 Å². The molecule has 0 atom stereocenters. The number of fused-ring (bicyclic) bond motifs is 1. The molecule has 0 aliphatic carbocycles. The molecule has 0 bridgehead atoms. The van der Waals surface area contributed by atoms with Crippen molar-refractivity contribution in [2.45, 2.75) is 0 Å². The highest BCUT2D eigenvalue weighted by molar-refractivity contribution is 9.10. The highest BCUT2D eigenvalue weighted by atomic mass is 79.9. The summed E-state index contributed by atoms with van der Waals surface area (Å²) < 4.78 is 2.65. The van der Waals surface area contributed by atoms with Gasteiger partial charge in [0.1, 0.15) is 5.69 Å². The van der Waals surface area contributed by atoms with Gasteiger partial charge in [-0.15, -0.1) is 0 Å². The predicted octanol–water partition coefficient (Wildman–Crippen LogP) is 3.59. The molecule has 0 spiro atoms. The summed E-state index contributed by atoms with van der Waals surface area (Å²) in [6, 6.07) is 11.5. The van der Waals surface area contributed by atoms with Crippen molar-refractivity contribution >= 4 is 38.4 Å². The van der Waals surface area contributed by atoms with E-state index in [1.54, 1.807) is 16.8 Å². The number of anilines is 1. The first kappa shape index (κ1) is 12.9. The van der Waals surface area contributed by atoms with Gasteiger partial charge in [0.15, 0.2) is 0 Å². The fourth-order valence-electron chi connectivity index (χ4n) is 2.08. The summed E-state index contributed by atoms with van der Waals surface area (Å²) in [7, 11) is 1.83. The number of carbonyl (C=O) groups excluding carboxylic acids is 1. The Hall–Kier alpha value is -2.14. The average Bonchev–Trinajstić information content (AvgIpc) is 2.78. The summed E-state index contributed by atoms with van der Waals surface area (Å²) in [5.41, 5.74) is 2.18. The number of halogens is 1. The molecule has 2 heterocycles. The number of benzene rings is 1. The number of rotatable bonds is 2. The van der Waals surface area contributed by atoms with Crippen molar-refractivity contribution in [1.29, 1.82) is 0 Å². The lowest BCUT2D eigenvalue weighted by Gasteiger charge is -2.06. The van der Waals surface area contributed by atoms with Gasteiger partial charge in [0, 0.05) is 23.1 Å². The van der Waals surface area contributed by atoms with E-state index < -0.39 is 0 Å². The second-order valence-electron chi connectivity index (χ2n) is 4.53. The van der Waals surface area contributed by atoms with Gasteiger partial charge in [0.25, 0.3) is 5.91 Å². The van der Waals surface area contributed by atoms with Crippen LogP contribution in [0.3, 0.4) is 0 Å². The third kappa shape index (κ3) is 2.44. The molecule has 100 valence electrons. The Morgan fingerprint density at radius 3 is 2.85 bits per heavy atom. The van der Waals surface area contributed by atoms with E-state index in [1.165, 1.54) is 0 Å². The number of hydrogen-bond acceptors (Lipinski definition) is 2. The standard InChI is InChI=1S/C15H12BrN3O/c1-19-9-11(16)7-14(19)15(20)18-12-6-10-4-2-3-5-13(10)17-8-12/h2-9H,1H3,(H,18,20). The molecule has 1 N–H and O–H groups in total. The van der Waals surface area contributed by atoms with Gasteiger partial charge in [-0.3, -0.25) is 9.78 Å². The molecule has 0 saturated carbocycles. The van der Waals surface area contributed by atoms with Crippen LogP contribution in [0.25, 0.3) is 10.9 Å². The maximum Gasteiger partial charge on any atom is 0.272 e. The Balaban J connectivity index is 1.89. The molecule has 0 saturated heterocycles. The van der Waals surface area contributed by atoms with Crippen LogP contribution >= 0.6 is 15.9 Å². The lowest BCUT2D eigenvalue weighted by molar-refractivity contribution is 0.101. The van der Waals surface area contributed by atoms with Gasteiger partial charge in [0.2, 0.25) is 0 Å². The monoisotopic (exact) mass is 329 g/mol. The summed E-state index contributed by atoms with van der Waals surface area (Å²) in [6.45, 7) is 0. The van der Waals surface area contributed by atoms with Crippen molar-refractivity contribution in [3.63, 3.8) is 0 Å². The highest BCUT2D eigenvalue weighted by Gasteiger charge is 2.11. The second-order valence-corrected chi connectivity index (χ2v) is 5.44. The molecule has 4 nitrogen and oxygen atoms in total. The maximum absolute atomic E-state index is 12.2. The maximum atomic E-state index is 12.2. The van der Waals surface area contributed by atoms with Crippen LogP contribution in [0.4, 0.5) is 5.69 Å². The van der Waals surface area contributed by atoms with Crippen LogP contribution < -0.4 is 5.32 Å². The molecule has 0 unspecified atom stereocenters. The summed E-state index contributed by atoms with van der Waals surface area (Å²) in [5.74, 6) is -0.157. The molecule has 3 rings (SSSR count). The van der Waals surface area contributed by atoms with Gasteiger partial charge in [-0.2, -0.15) is 0 Å². The fraction of sp³-hybridized carbons (Fsp3) is 0.0667. The number of carbonyl (C=O) groups is 1. The lowest BCUT2D eigenvalue weighted by atomic mass is 10.2. The Bertz CT molecular complexity index is 795. The number of hydrogen-bond donors (Lipinski definition) is 1. The van der Waals surface area contributed by atoms with Crippen molar-refractivity contribution in [2.24, 2.45) is 7.05 Å². The Labute approximate surface area is 124 Å². The van der Waals surface area contributed by atoms with E-state index in [2.05, 4.69) is 26.2 Å².